The van der Waals surface area contributed by atoms with Crippen LogP contribution in [0.15, 0.2) is 107 Å². The van der Waals surface area contributed by atoms with E-state index < -0.39 is 0 Å². The number of nitrogens with zero attached hydrogens (tertiary/aromatic N) is 2. The van der Waals surface area contributed by atoms with Crippen LogP contribution >= 0.6 is 0 Å². The number of hydrogen-bond donors (Lipinski definition) is 4. The first-order valence-corrected chi connectivity index (χ1v) is 21.1. The van der Waals surface area contributed by atoms with Crippen molar-refractivity contribution in [3.63, 3.8) is 0 Å². The third kappa shape index (κ3) is 21.5. The van der Waals surface area contributed by atoms with Crippen LogP contribution in [0.3, 0.4) is 0 Å². The van der Waals surface area contributed by atoms with E-state index in [0.29, 0.717) is 24.1 Å². The monoisotopic (exact) mass is 803 g/mol. The SMILES string of the molecule is CCCCC(CC)CNC(=O)NC.CCCCC(CC)CNC(=O)Nc1ccc(Cc2cccc(Cc3cccc(Cc4ccc(N=C=O)cc4)c3)c2)cc1.CN=C=O. The molecule has 10 nitrogen and oxygen atoms in total. The molecule has 4 amide bonds. The maximum absolute atomic E-state index is 12.4. The number of amides is 4. The topological polar surface area (TPSA) is 141 Å². The van der Waals surface area contributed by atoms with Gasteiger partial charge in [-0.1, -0.05) is 139 Å². The molecule has 0 aliphatic carbocycles. The second kappa shape index (κ2) is 30.3. The molecule has 59 heavy (non-hydrogen) atoms. The molecule has 0 bridgehead atoms. The van der Waals surface area contributed by atoms with Crippen LogP contribution in [0.4, 0.5) is 21.0 Å². The van der Waals surface area contributed by atoms with Crippen molar-refractivity contribution in [2.24, 2.45) is 21.8 Å². The van der Waals surface area contributed by atoms with Gasteiger partial charge in [0.05, 0.1) is 5.69 Å². The van der Waals surface area contributed by atoms with E-state index in [1.54, 1.807) is 13.1 Å². The number of urea groups is 2. The van der Waals surface area contributed by atoms with Gasteiger partial charge in [-0.25, -0.2) is 24.2 Å². The molecule has 4 aromatic carbocycles. The van der Waals surface area contributed by atoms with E-state index in [9.17, 15) is 14.4 Å². The minimum absolute atomic E-state index is 0.0741. The van der Waals surface area contributed by atoms with Crippen LogP contribution in [0.2, 0.25) is 0 Å². The van der Waals surface area contributed by atoms with E-state index in [0.717, 1.165) is 50.8 Å². The molecule has 0 aliphatic heterocycles. The van der Waals surface area contributed by atoms with Gasteiger partial charge in [0.15, 0.2) is 0 Å². The minimum Gasteiger partial charge on any atom is -0.341 e. The van der Waals surface area contributed by atoms with Crippen LogP contribution in [0, 0.1) is 11.8 Å². The molecule has 10 heteroatoms. The Bertz CT molecular complexity index is 1880. The number of nitrogens with one attached hydrogen (secondary N) is 4. The summed E-state index contributed by atoms with van der Waals surface area (Å²) in [4.78, 5) is 49.2. The molecule has 0 radical (unpaired) electrons. The third-order valence-electron chi connectivity index (χ3n) is 10.0. The second-order valence-corrected chi connectivity index (χ2v) is 14.7. The van der Waals surface area contributed by atoms with Gasteiger partial charge in [-0.15, -0.1) is 0 Å². The standard InChI is InChI=1S/C37H41N3O2.C10H22N2O.C2H3NO/c1-3-5-8-28(4-2)26-38-37(42)40-36-19-15-30(16-20-36)22-32-10-7-12-34(24-32)25-33-11-6-9-31(23-33)21-29-13-17-35(18-14-29)39-27-41;1-4-6-7-9(5-2)8-12-10(13)11-3;1-3-2-4/h6-7,9-20,23-24,28H,3-5,8,21-22,25-26H2,1-2H3,(H2,38,40,42);9H,4-8H2,1-3H3,(H2,11,12,13);1H3. The van der Waals surface area contributed by atoms with Crippen LogP contribution < -0.4 is 21.3 Å². The molecule has 0 saturated carbocycles. The molecular formula is C49H66N6O4. The Hall–Kier alpha value is -5.82. The summed E-state index contributed by atoms with van der Waals surface area (Å²) in [6.45, 7) is 10.3. The summed E-state index contributed by atoms with van der Waals surface area (Å²) in [6.07, 6.45) is 14.9. The van der Waals surface area contributed by atoms with Crippen LogP contribution in [0.25, 0.3) is 0 Å². The van der Waals surface area contributed by atoms with Crippen LogP contribution in [0.1, 0.15) is 112 Å². The zero-order valence-electron chi connectivity index (χ0n) is 36.1. The van der Waals surface area contributed by atoms with Crippen LogP contribution in [-0.4, -0.2) is 51.4 Å². The number of aliphatic imine (C=N–C) groups is 2. The molecule has 0 aliphatic rings. The number of carbonyl (C=O) groups excluding carboxylic acids is 4. The van der Waals surface area contributed by atoms with E-state index in [-0.39, 0.29) is 12.1 Å². The third-order valence-corrected chi connectivity index (χ3v) is 10.0. The molecule has 2 unspecified atom stereocenters. The Morgan fingerprint density at radius 2 is 1.02 bits per heavy atom. The summed E-state index contributed by atoms with van der Waals surface area (Å²) in [6, 6.07) is 33.0. The second-order valence-electron chi connectivity index (χ2n) is 14.7. The van der Waals surface area contributed by atoms with Crippen LogP contribution in [0.5, 0.6) is 0 Å². The van der Waals surface area contributed by atoms with Crippen molar-refractivity contribution in [3.8, 4) is 0 Å². The van der Waals surface area contributed by atoms with E-state index in [1.165, 1.54) is 78.6 Å². The number of hydrogen-bond acceptors (Lipinski definition) is 6. The Morgan fingerprint density at radius 3 is 1.41 bits per heavy atom. The van der Waals surface area contributed by atoms with Gasteiger partial charge in [-0.2, -0.15) is 4.99 Å². The van der Waals surface area contributed by atoms with Gasteiger partial charge in [0, 0.05) is 32.9 Å². The summed E-state index contributed by atoms with van der Waals surface area (Å²) in [5, 5.41) is 11.4. The van der Waals surface area contributed by atoms with E-state index in [2.05, 4.69) is 120 Å². The first kappa shape index (κ1) is 49.3. The zero-order chi connectivity index (χ0) is 43.1. The highest BCUT2D eigenvalue weighted by Crippen LogP contribution is 2.20. The molecular weight excluding hydrogens is 737 g/mol. The molecule has 2 atom stereocenters. The van der Waals surface area contributed by atoms with Crippen molar-refractivity contribution in [2.45, 2.75) is 98.3 Å². The normalized spacial score (nSPS) is 11.1. The van der Waals surface area contributed by atoms with Gasteiger partial charge in [0.25, 0.3) is 0 Å². The fraction of sp³-hybridized carbons (Fsp3) is 0.429. The Balaban J connectivity index is 0.000000592. The maximum atomic E-state index is 12.4. The highest BCUT2D eigenvalue weighted by Gasteiger charge is 2.10. The van der Waals surface area contributed by atoms with Crippen molar-refractivity contribution in [1.82, 2.24) is 16.0 Å². The predicted molar refractivity (Wildman–Crippen MR) is 242 cm³/mol. The van der Waals surface area contributed by atoms with Gasteiger partial charge in [-0.3, -0.25) is 0 Å². The molecule has 4 rings (SSSR count). The number of anilines is 1. The number of carbonyl (C=O) groups is 2. The lowest BCUT2D eigenvalue weighted by Gasteiger charge is -2.15. The zero-order valence-corrected chi connectivity index (χ0v) is 36.1. The number of benzene rings is 4. The van der Waals surface area contributed by atoms with Gasteiger partial charge < -0.3 is 21.3 Å². The Kier molecular flexibility index (Phi) is 25.3. The fourth-order valence-electron chi connectivity index (χ4n) is 6.48. The molecule has 0 heterocycles. The quantitative estimate of drug-likeness (QED) is 0.0521. The maximum Gasteiger partial charge on any atom is 0.319 e. The number of unbranched alkanes of at least 4 members (excludes halogenated alkanes) is 2. The first-order valence-electron chi connectivity index (χ1n) is 21.1. The summed E-state index contributed by atoms with van der Waals surface area (Å²) < 4.78 is 0. The van der Waals surface area contributed by atoms with Gasteiger partial charge in [-0.05, 0) is 102 Å². The molecule has 0 fully saturated rings. The van der Waals surface area contributed by atoms with Gasteiger partial charge >= 0.3 is 12.1 Å². The fourth-order valence-corrected chi connectivity index (χ4v) is 6.48. The van der Waals surface area contributed by atoms with E-state index in [4.69, 9.17) is 4.79 Å². The lowest BCUT2D eigenvalue weighted by Crippen LogP contribution is -2.36. The molecule has 0 spiro atoms. The summed E-state index contributed by atoms with van der Waals surface area (Å²) in [5.41, 5.74) is 8.87. The molecule has 4 N–H and O–H groups in total. The van der Waals surface area contributed by atoms with Crippen molar-refractivity contribution < 1.29 is 19.2 Å². The van der Waals surface area contributed by atoms with Crippen molar-refractivity contribution >= 4 is 35.6 Å². The smallest absolute Gasteiger partial charge is 0.319 e. The molecule has 0 aromatic heterocycles. The molecule has 0 saturated heterocycles. The number of isocyanates is 2. The lowest BCUT2D eigenvalue weighted by molar-refractivity contribution is 0.240. The highest BCUT2D eigenvalue weighted by atomic mass is 16.2. The van der Waals surface area contributed by atoms with Crippen LogP contribution in [-0.2, 0) is 28.9 Å². The Labute approximate surface area is 352 Å². The Morgan fingerprint density at radius 1 is 0.593 bits per heavy atom. The first-order chi connectivity index (χ1) is 28.7. The largest absolute Gasteiger partial charge is 0.341 e. The minimum atomic E-state index is -0.142. The predicted octanol–water partition coefficient (Wildman–Crippen LogP) is 10.8. The summed E-state index contributed by atoms with van der Waals surface area (Å²) >= 11 is 0. The average Bonchev–Trinajstić information content (AvgIpc) is 3.25. The van der Waals surface area contributed by atoms with E-state index >= 15 is 0 Å². The van der Waals surface area contributed by atoms with Crippen molar-refractivity contribution in [1.29, 1.82) is 0 Å². The van der Waals surface area contributed by atoms with Crippen molar-refractivity contribution in [2.75, 3.05) is 32.5 Å². The van der Waals surface area contributed by atoms with Gasteiger partial charge in [0.2, 0.25) is 12.2 Å². The average molecular weight is 803 g/mol. The van der Waals surface area contributed by atoms with Gasteiger partial charge in [0.1, 0.15) is 0 Å². The summed E-state index contributed by atoms with van der Waals surface area (Å²) in [5.74, 6) is 1.17. The van der Waals surface area contributed by atoms with Crippen molar-refractivity contribution in [3.05, 3.63) is 130 Å². The van der Waals surface area contributed by atoms with E-state index in [1.807, 2.05) is 36.4 Å². The number of rotatable bonds is 20. The highest BCUT2D eigenvalue weighted by molar-refractivity contribution is 5.89. The summed E-state index contributed by atoms with van der Waals surface area (Å²) in [7, 11) is 3.02. The lowest BCUT2D eigenvalue weighted by atomic mass is 9.97. The molecule has 316 valence electrons. The molecule has 4 aromatic rings.